The van der Waals surface area contributed by atoms with Gasteiger partial charge < -0.3 is 15.0 Å². The molecule has 0 saturated carbocycles. The van der Waals surface area contributed by atoms with Gasteiger partial charge in [0, 0.05) is 45.0 Å². The second-order valence-corrected chi connectivity index (χ2v) is 7.83. The fraction of sp³-hybridized carbons (Fsp3) is 0.565. The highest BCUT2D eigenvalue weighted by atomic mass is 16.5. The Morgan fingerprint density at radius 3 is 2.40 bits per heavy atom. The number of hydrogen-bond acceptors (Lipinski definition) is 5. The van der Waals surface area contributed by atoms with E-state index in [0.717, 1.165) is 49.5 Å². The number of nitrogens with zero attached hydrogens (tertiary/aromatic N) is 3. The topological polar surface area (TPSA) is 65.1 Å². The number of urea groups is 1. The van der Waals surface area contributed by atoms with Gasteiger partial charge in [0.05, 0.1) is 18.2 Å². The number of aryl methyl sites for hydroxylation is 1. The summed E-state index contributed by atoms with van der Waals surface area (Å²) < 4.78 is 5.44. The molecule has 0 spiro atoms. The van der Waals surface area contributed by atoms with Crippen molar-refractivity contribution >= 4 is 12.0 Å². The van der Waals surface area contributed by atoms with Crippen LogP contribution < -0.4 is 5.32 Å². The lowest BCUT2D eigenvalue weighted by Gasteiger charge is -2.40. The van der Waals surface area contributed by atoms with Gasteiger partial charge in [-0.2, -0.15) is 0 Å². The number of nitrogens with one attached hydrogen (secondary N) is 1. The highest BCUT2D eigenvalue weighted by Gasteiger charge is 2.38. The molecule has 0 radical (unpaired) electrons. The third-order valence-electron chi connectivity index (χ3n) is 5.91. The quantitative estimate of drug-likeness (QED) is 0.695. The van der Waals surface area contributed by atoms with Crippen LogP contribution in [-0.2, 0) is 9.53 Å². The van der Waals surface area contributed by atoms with E-state index in [9.17, 15) is 9.59 Å². The first-order valence-electron chi connectivity index (χ1n) is 11.0. The van der Waals surface area contributed by atoms with E-state index >= 15 is 0 Å². The van der Waals surface area contributed by atoms with Crippen molar-refractivity contribution in [3.63, 3.8) is 0 Å². The van der Waals surface area contributed by atoms with Gasteiger partial charge in [0.25, 0.3) is 0 Å². The summed E-state index contributed by atoms with van der Waals surface area (Å²) in [5.41, 5.74) is 3.29. The van der Waals surface area contributed by atoms with E-state index in [4.69, 9.17) is 4.74 Å². The molecule has 1 aromatic rings. The molecular weight excluding hydrogens is 380 g/mol. The van der Waals surface area contributed by atoms with E-state index in [0.29, 0.717) is 25.3 Å². The Labute approximate surface area is 179 Å². The van der Waals surface area contributed by atoms with Gasteiger partial charge in [-0.15, -0.1) is 0 Å². The van der Waals surface area contributed by atoms with Crippen LogP contribution in [0.25, 0.3) is 0 Å². The summed E-state index contributed by atoms with van der Waals surface area (Å²) in [4.78, 5) is 32.5. The van der Waals surface area contributed by atoms with Gasteiger partial charge in [-0.1, -0.05) is 36.8 Å². The van der Waals surface area contributed by atoms with Crippen LogP contribution in [0.5, 0.6) is 0 Å². The Hall–Kier alpha value is -2.38. The molecule has 1 N–H and O–H groups in total. The monoisotopic (exact) mass is 414 g/mol. The Balaban J connectivity index is 2.01. The van der Waals surface area contributed by atoms with Gasteiger partial charge in [-0.25, -0.2) is 9.59 Å². The number of rotatable bonds is 7. The number of piperazine rings is 1. The van der Waals surface area contributed by atoms with E-state index < -0.39 is 6.04 Å². The standard InChI is InChI=1S/C23H34N4O3/c1-5-25-11-13-26(14-12-25)16-19-20(22(28)30-7-3)21(24-23(29)27(19)6-2)18-10-8-9-17(4)15-18/h8-10,15,21H,5-7,11-14,16H2,1-4H3,(H,24,29)/t21-/m1/s1. The highest BCUT2D eigenvalue weighted by molar-refractivity contribution is 5.95. The van der Waals surface area contributed by atoms with Crippen LogP contribution in [0, 0.1) is 6.92 Å². The molecule has 3 rings (SSSR count). The van der Waals surface area contributed by atoms with Crippen LogP contribution in [0.15, 0.2) is 35.5 Å². The molecular formula is C23H34N4O3. The molecule has 0 aromatic heterocycles. The normalized spacial score (nSPS) is 21.0. The van der Waals surface area contributed by atoms with Crippen molar-refractivity contribution in [1.82, 2.24) is 20.0 Å². The van der Waals surface area contributed by atoms with Crippen LogP contribution in [0.4, 0.5) is 4.79 Å². The number of likely N-dealkylation sites (N-methyl/N-ethyl adjacent to an activating group) is 2. The Morgan fingerprint density at radius 2 is 1.80 bits per heavy atom. The zero-order valence-corrected chi connectivity index (χ0v) is 18.6. The highest BCUT2D eigenvalue weighted by Crippen LogP contribution is 2.32. The van der Waals surface area contributed by atoms with Gasteiger partial charge in [-0.3, -0.25) is 9.80 Å². The summed E-state index contributed by atoms with van der Waals surface area (Å²) in [5, 5.41) is 3.04. The molecule has 1 aromatic carbocycles. The second kappa shape index (κ2) is 10.1. The van der Waals surface area contributed by atoms with E-state index in [-0.39, 0.29) is 12.0 Å². The first-order valence-corrected chi connectivity index (χ1v) is 11.0. The van der Waals surface area contributed by atoms with Crippen LogP contribution in [0.2, 0.25) is 0 Å². The average molecular weight is 415 g/mol. The van der Waals surface area contributed by atoms with Crippen LogP contribution in [0.3, 0.4) is 0 Å². The molecule has 0 unspecified atom stereocenters. The first kappa shape index (κ1) is 22.3. The summed E-state index contributed by atoms with van der Waals surface area (Å²) in [5.74, 6) is -0.357. The minimum atomic E-state index is -0.508. The number of ether oxygens (including phenoxy) is 1. The molecule has 0 aliphatic carbocycles. The Kier molecular flexibility index (Phi) is 7.50. The number of amides is 2. The second-order valence-electron chi connectivity index (χ2n) is 7.83. The van der Waals surface area contributed by atoms with Crippen molar-refractivity contribution in [2.24, 2.45) is 0 Å². The van der Waals surface area contributed by atoms with E-state index in [1.807, 2.05) is 45.0 Å². The molecule has 1 fully saturated rings. The molecule has 0 bridgehead atoms. The van der Waals surface area contributed by atoms with Crippen molar-refractivity contribution in [2.75, 3.05) is 52.4 Å². The predicted octanol–water partition coefficient (Wildman–Crippen LogP) is 2.54. The van der Waals surface area contributed by atoms with Crippen LogP contribution >= 0.6 is 0 Å². The molecule has 2 aliphatic rings. The number of benzene rings is 1. The molecule has 7 nitrogen and oxygen atoms in total. The first-order chi connectivity index (χ1) is 14.5. The van der Waals surface area contributed by atoms with Crippen molar-refractivity contribution < 1.29 is 14.3 Å². The van der Waals surface area contributed by atoms with Crippen molar-refractivity contribution in [3.05, 3.63) is 46.7 Å². The number of hydrogen-bond donors (Lipinski definition) is 1. The molecule has 2 aliphatic heterocycles. The van der Waals surface area contributed by atoms with Gasteiger partial charge in [0.15, 0.2) is 0 Å². The third kappa shape index (κ3) is 4.84. The lowest BCUT2D eigenvalue weighted by Crippen LogP contribution is -2.53. The van der Waals surface area contributed by atoms with Gasteiger partial charge in [-0.05, 0) is 32.9 Å². The minimum absolute atomic E-state index is 0.167. The number of esters is 1. The lowest BCUT2D eigenvalue weighted by molar-refractivity contribution is -0.139. The molecule has 1 saturated heterocycles. The van der Waals surface area contributed by atoms with Crippen LogP contribution in [-0.4, -0.2) is 79.1 Å². The summed E-state index contributed by atoms with van der Waals surface area (Å²) >= 11 is 0. The Morgan fingerprint density at radius 1 is 1.10 bits per heavy atom. The van der Waals surface area contributed by atoms with Gasteiger partial charge in [0.1, 0.15) is 0 Å². The van der Waals surface area contributed by atoms with E-state index in [1.165, 1.54) is 0 Å². The zero-order chi connectivity index (χ0) is 21.7. The summed E-state index contributed by atoms with van der Waals surface area (Å²) in [6.45, 7) is 14.2. The maximum atomic E-state index is 13.1. The predicted molar refractivity (Wildman–Crippen MR) is 117 cm³/mol. The molecule has 2 amide bonds. The summed E-state index contributed by atoms with van der Waals surface area (Å²) in [6.07, 6.45) is 0. The number of carbonyl (C=O) groups is 2. The molecule has 2 heterocycles. The van der Waals surface area contributed by atoms with Gasteiger partial charge >= 0.3 is 12.0 Å². The smallest absolute Gasteiger partial charge is 0.338 e. The SMILES string of the molecule is CCOC(=O)C1=C(CN2CCN(CC)CC2)N(CC)C(=O)N[C@@H]1c1cccc(C)c1. The fourth-order valence-electron chi connectivity index (χ4n) is 4.23. The lowest BCUT2D eigenvalue weighted by atomic mass is 9.93. The molecule has 164 valence electrons. The Bertz CT molecular complexity index is 799. The molecule has 7 heteroatoms. The molecule has 1 atom stereocenters. The van der Waals surface area contributed by atoms with Crippen LogP contribution in [0.1, 0.15) is 37.9 Å². The van der Waals surface area contributed by atoms with Crippen molar-refractivity contribution in [1.29, 1.82) is 0 Å². The van der Waals surface area contributed by atoms with E-state index in [1.54, 1.807) is 4.90 Å². The van der Waals surface area contributed by atoms with Crippen molar-refractivity contribution in [3.8, 4) is 0 Å². The summed E-state index contributed by atoms with van der Waals surface area (Å²) in [6, 6.07) is 7.26. The molecule has 30 heavy (non-hydrogen) atoms. The maximum absolute atomic E-state index is 13.1. The fourth-order valence-corrected chi connectivity index (χ4v) is 4.23. The van der Waals surface area contributed by atoms with E-state index in [2.05, 4.69) is 22.0 Å². The minimum Gasteiger partial charge on any atom is -0.463 e. The maximum Gasteiger partial charge on any atom is 0.338 e. The third-order valence-corrected chi connectivity index (χ3v) is 5.91. The van der Waals surface area contributed by atoms with Crippen molar-refractivity contribution in [2.45, 2.75) is 33.7 Å². The summed E-state index contributed by atoms with van der Waals surface area (Å²) in [7, 11) is 0. The average Bonchev–Trinajstić information content (AvgIpc) is 2.74. The van der Waals surface area contributed by atoms with Gasteiger partial charge in [0.2, 0.25) is 0 Å². The largest absolute Gasteiger partial charge is 0.463 e. The zero-order valence-electron chi connectivity index (χ0n) is 18.6. The number of carbonyl (C=O) groups excluding carboxylic acids is 2.